The van der Waals surface area contributed by atoms with Crippen molar-refractivity contribution < 1.29 is 94.1 Å². The van der Waals surface area contributed by atoms with Crippen molar-refractivity contribution in [1.82, 2.24) is 0 Å². The summed E-state index contributed by atoms with van der Waals surface area (Å²) in [4.78, 5) is 14.0. The van der Waals surface area contributed by atoms with Gasteiger partial charge in [-0.1, -0.05) is 0 Å². The number of hydrogen-bond acceptors (Lipinski definition) is 20. The van der Waals surface area contributed by atoms with E-state index >= 15 is 0 Å². The van der Waals surface area contributed by atoms with E-state index < -0.39 is 138 Å². The highest BCUT2D eigenvalue weighted by Crippen LogP contribution is 2.40. The number of hydrogen-bond donors (Lipinski definition) is 12. The van der Waals surface area contributed by atoms with E-state index in [0.717, 1.165) is 24.3 Å². The SMILES string of the molecule is C[C@H]1O[C@@H](OC[C@H]2O[C@@H](Oc3c(-c4ccc(O)c(O)c4)oc4cc(O[C@@H]5O[C@H](C)[C@H](O)[C@@H](O)[C@H]5O)cc(O)c4c3=O)[C@H](O)[C@@H](O)[C@@H]2O)[C@H](O)[C@H](O)[C@H]1O. The van der Waals surface area contributed by atoms with Gasteiger partial charge in [-0.05, 0) is 32.0 Å². The highest BCUT2D eigenvalue weighted by molar-refractivity contribution is 5.88. The van der Waals surface area contributed by atoms with Crippen LogP contribution in [0.15, 0.2) is 39.5 Å². The summed E-state index contributed by atoms with van der Waals surface area (Å²) in [5, 5.41) is 124. The molecule has 6 rings (SSSR count). The van der Waals surface area contributed by atoms with Crippen molar-refractivity contribution in [3.63, 3.8) is 0 Å². The molecule has 1 aromatic heterocycles. The second kappa shape index (κ2) is 15.1. The largest absolute Gasteiger partial charge is 0.507 e. The number of rotatable bonds is 8. The van der Waals surface area contributed by atoms with Crippen molar-refractivity contribution in [2.45, 2.75) is 106 Å². The number of fused-ring (bicyclic) bond motifs is 1. The molecule has 20 nitrogen and oxygen atoms in total. The van der Waals surface area contributed by atoms with E-state index in [0.29, 0.717) is 0 Å². The molecule has 3 fully saturated rings. The van der Waals surface area contributed by atoms with Crippen molar-refractivity contribution in [3.8, 4) is 40.1 Å². The molecule has 3 saturated heterocycles. The molecule has 2 aromatic carbocycles. The van der Waals surface area contributed by atoms with Crippen LogP contribution in [0.2, 0.25) is 0 Å². The number of aliphatic hydroxyl groups is 9. The first-order valence-corrected chi connectivity index (χ1v) is 16.4. The van der Waals surface area contributed by atoms with Crippen molar-refractivity contribution in [2.24, 2.45) is 0 Å². The van der Waals surface area contributed by atoms with Crippen molar-refractivity contribution in [2.75, 3.05) is 6.61 Å². The second-order valence-electron chi connectivity index (χ2n) is 13.1. The third-order valence-corrected chi connectivity index (χ3v) is 9.34. The predicted octanol–water partition coefficient (Wildman–Crippen LogP) is -3.19. The smallest absolute Gasteiger partial charge is 0.239 e. The van der Waals surface area contributed by atoms with Crippen molar-refractivity contribution in [3.05, 3.63) is 40.6 Å². The highest BCUT2D eigenvalue weighted by Gasteiger charge is 2.48. The molecule has 3 aliphatic heterocycles. The minimum atomic E-state index is -2.03. The fourth-order valence-electron chi connectivity index (χ4n) is 6.14. The molecule has 4 heterocycles. The zero-order valence-corrected chi connectivity index (χ0v) is 27.9. The number of aliphatic hydroxyl groups excluding tert-OH is 9. The van der Waals surface area contributed by atoms with Gasteiger partial charge in [-0.25, -0.2) is 0 Å². The minimum absolute atomic E-state index is 0.0962. The van der Waals surface area contributed by atoms with E-state index in [1.54, 1.807) is 0 Å². The van der Waals surface area contributed by atoms with Gasteiger partial charge in [0.15, 0.2) is 23.5 Å². The normalized spacial score (nSPS) is 37.8. The summed E-state index contributed by atoms with van der Waals surface area (Å²) in [7, 11) is 0. The third-order valence-electron chi connectivity index (χ3n) is 9.34. The van der Waals surface area contributed by atoms with Crippen molar-refractivity contribution in [1.29, 1.82) is 0 Å². The number of phenolic OH excluding ortho intramolecular Hbond substituents is 3. The molecule has 0 unspecified atom stereocenters. The molecule has 0 bridgehead atoms. The van der Waals surface area contributed by atoms with Gasteiger partial charge in [0.2, 0.25) is 23.8 Å². The van der Waals surface area contributed by atoms with Crippen LogP contribution in [0.3, 0.4) is 0 Å². The number of phenols is 3. The van der Waals surface area contributed by atoms with Gasteiger partial charge in [-0.3, -0.25) is 4.79 Å². The predicted molar refractivity (Wildman–Crippen MR) is 172 cm³/mol. The first-order valence-electron chi connectivity index (χ1n) is 16.4. The molecule has 3 aromatic rings. The topological polar surface area (TPSA) is 328 Å². The monoisotopic (exact) mass is 756 g/mol. The van der Waals surface area contributed by atoms with Gasteiger partial charge in [0.05, 0.1) is 18.8 Å². The Balaban J connectivity index is 1.34. The third kappa shape index (κ3) is 7.34. The minimum Gasteiger partial charge on any atom is -0.507 e. The van der Waals surface area contributed by atoms with E-state index in [4.69, 9.17) is 32.8 Å². The van der Waals surface area contributed by atoms with E-state index in [-0.39, 0.29) is 16.9 Å². The summed E-state index contributed by atoms with van der Waals surface area (Å²) in [6.07, 6.45) is -24.0. The highest BCUT2D eigenvalue weighted by atomic mass is 16.7. The van der Waals surface area contributed by atoms with Crippen LogP contribution in [0.25, 0.3) is 22.3 Å². The van der Waals surface area contributed by atoms with Gasteiger partial charge < -0.3 is 94.1 Å². The maximum atomic E-state index is 14.0. The van der Waals surface area contributed by atoms with Crippen LogP contribution in [0.5, 0.6) is 28.7 Å². The lowest BCUT2D eigenvalue weighted by atomic mass is 9.98. The molecule has 20 heteroatoms. The summed E-state index contributed by atoms with van der Waals surface area (Å²) in [6.45, 7) is 2.18. The molecule has 292 valence electrons. The Kier molecular flexibility index (Phi) is 11.1. The molecule has 15 atom stereocenters. The fraction of sp³-hybridized carbons (Fsp3) is 0.545. The quantitative estimate of drug-likeness (QED) is 0.101. The number of ether oxygens (including phenoxy) is 6. The second-order valence-corrected chi connectivity index (χ2v) is 13.1. The Hall–Kier alpha value is -3.87. The molecule has 0 amide bonds. The molecule has 0 radical (unpaired) electrons. The van der Waals surface area contributed by atoms with Gasteiger partial charge in [0.1, 0.15) is 83.5 Å². The van der Waals surface area contributed by atoms with Gasteiger partial charge >= 0.3 is 0 Å². The molecule has 3 aliphatic rings. The van der Waals surface area contributed by atoms with Gasteiger partial charge in [0, 0.05) is 17.7 Å². The summed E-state index contributed by atoms with van der Waals surface area (Å²) < 4.78 is 39.3. The Morgan fingerprint density at radius 3 is 1.79 bits per heavy atom. The van der Waals surface area contributed by atoms with Crippen LogP contribution < -0.4 is 14.9 Å². The molecular weight excluding hydrogens is 716 g/mol. The molecule has 53 heavy (non-hydrogen) atoms. The van der Waals surface area contributed by atoms with E-state index in [2.05, 4.69) is 0 Å². The van der Waals surface area contributed by atoms with E-state index in [1.165, 1.54) is 19.9 Å². The molecular formula is C33H40O20. The molecule has 0 saturated carbocycles. The molecule has 0 aliphatic carbocycles. The van der Waals surface area contributed by atoms with Crippen LogP contribution in [-0.2, 0) is 18.9 Å². The Morgan fingerprint density at radius 2 is 1.17 bits per heavy atom. The zero-order chi connectivity index (χ0) is 38.6. The Morgan fingerprint density at radius 1 is 0.604 bits per heavy atom. The lowest BCUT2D eigenvalue weighted by molar-refractivity contribution is -0.318. The first-order chi connectivity index (χ1) is 25.0. The van der Waals surface area contributed by atoms with Gasteiger partial charge in [0.25, 0.3) is 0 Å². The Bertz CT molecular complexity index is 1830. The van der Waals surface area contributed by atoms with E-state index in [1.807, 2.05) is 0 Å². The number of benzene rings is 2. The van der Waals surface area contributed by atoms with E-state index in [9.17, 15) is 66.1 Å². The average Bonchev–Trinajstić information content (AvgIpc) is 3.12. The van der Waals surface area contributed by atoms with Crippen LogP contribution in [-0.4, -0.2) is 160 Å². The van der Waals surface area contributed by atoms with Crippen LogP contribution in [0.4, 0.5) is 0 Å². The maximum absolute atomic E-state index is 14.0. The van der Waals surface area contributed by atoms with Crippen LogP contribution in [0, 0.1) is 0 Å². The van der Waals surface area contributed by atoms with Crippen LogP contribution in [0.1, 0.15) is 13.8 Å². The van der Waals surface area contributed by atoms with Crippen LogP contribution >= 0.6 is 0 Å². The Labute approximate surface area is 298 Å². The molecule has 12 N–H and O–H groups in total. The van der Waals surface area contributed by atoms with Crippen molar-refractivity contribution >= 4 is 11.0 Å². The standard InChI is InChI=1S/C33H40O20/c1-9-19(37)23(41)26(44)31(48-9)47-8-17-21(39)25(43)28(46)33(52-17)53-30-22(40)18-15(36)6-12(50-32-27(45)24(42)20(38)10(2)49-32)7-16(18)51-29(30)11-3-4-13(34)14(35)5-11/h3-7,9-10,17,19-21,23-28,31-39,41-46H,8H2,1-2H3/t9-,10-,17-,19+,20+,21-,23-,24-,25+,26-,27-,28-,31-,32+,33+/m1/s1. The summed E-state index contributed by atoms with van der Waals surface area (Å²) in [5.41, 5.74) is -1.55. The lowest BCUT2D eigenvalue weighted by Crippen LogP contribution is -2.61. The summed E-state index contributed by atoms with van der Waals surface area (Å²) >= 11 is 0. The van der Waals surface area contributed by atoms with Gasteiger partial charge in [-0.15, -0.1) is 0 Å². The first kappa shape index (κ1) is 38.8. The zero-order valence-electron chi connectivity index (χ0n) is 27.9. The maximum Gasteiger partial charge on any atom is 0.239 e. The molecule has 0 spiro atoms. The summed E-state index contributed by atoms with van der Waals surface area (Å²) in [6, 6.07) is 5.31. The summed E-state index contributed by atoms with van der Waals surface area (Å²) in [5.74, 6) is -3.42. The van der Waals surface area contributed by atoms with Gasteiger partial charge in [-0.2, -0.15) is 0 Å². The number of aromatic hydroxyl groups is 3. The fourth-order valence-corrected chi connectivity index (χ4v) is 6.14. The lowest BCUT2D eigenvalue weighted by Gasteiger charge is -2.42. The average molecular weight is 757 g/mol.